The lowest BCUT2D eigenvalue weighted by Crippen LogP contribution is -2.46. The summed E-state index contributed by atoms with van der Waals surface area (Å²) in [5.74, 6) is 1.13. The number of fused-ring (bicyclic) bond motifs is 1. The van der Waals surface area contributed by atoms with Crippen LogP contribution in [0.2, 0.25) is 0 Å². The van der Waals surface area contributed by atoms with Gasteiger partial charge in [0.05, 0.1) is 0 Å². The van der Waals surface area contributed by atoms with Gasteiger partial charge in [-0.2, -0.15) is 10.1 Å². The van der Waals surface area contributed by atoms with E-state index in [0.29, 0.717) is 11.5 Å². The summed E-state index contributed by atoms with van der Waals surface area (Å²) in [6.45, 7) is 1.78. The van der Waals surface area contributed by atoms with E-state index in [4.69, 9.17) is 9.47 Å². The lowest BCUT2D eigenvalue weighted by atomic mass is 10.1. The van der Waals surface area contributed by atoms with E-state index in [-0.39, 0.29) is 11.9 Å². The SMILES string of the molecule is C[C@H]1Oc2ccccc2O[C@H]1C(=O)Nc1ncn[nH]1. The van der Waals surface area contributed by atoms with Crippen molar-refractivity contribution in [3.63, 3.8) is 0 Å². The summed E-state index contributed by atoms with van der Waals surface area (Å²) in [6.07, 6.45) is 0.185. The Morgan fingerprint density at radius 3 is 2.74 bits per heavy atom. The molecule has 0 aliphatic carbocycles. The molecule has 1 aromatic heterocycles. The summed E-state index contributed by atoms with van der Waals surface area (Å²) >= 11 is 0. The molecule has 1 aromatic carbocycles. The van der Waals surface area contributed by atoms with Crippen molar-refractivity contribution in [1.29, 1.82) is 0 Å². The third-order valence-electron chi connectivity index (χ3n) is 2.76. The molecule has 3 rings (SSSR count). The average molecular weight is 260 g/mol. The highest BCUT2D eigenvalue weighted by molar-refractivity contribution is 5.93. The molecule has 2 atom stereocenters. The van der Waals surface area contributed by atoms with Crippen LogP contribution in [0.5, 0.6) is 11.5 Å². The molecule has 0 saturated carbocycles. The van der Waals surface area contributed by atoms with E-state index in [1.54, 1.807) is 19.1 Å². The molecule has 2 heterocycles. The fourth-order valence-electron chi connectivity index (χ4n) is 1.86. The van der Waals surface area contributed by atoms with E-state index >= 15 is 0 Å². The first-order valence-electron chi connectivity index (χ1n) is 5.82. The third-order valence-corrected chi connectivity index (χ3v) is 2.76. The molecule has 2 N–H and O–H groups in total. The number of anilines is 1. The van der Waals surface area contributed by atoms with E-state index in [0.717, 1.165) is 0 Å². The Hall–Kier alpha value is -2.57. The van der Waals surface area contributed by atoms with Gasteiger partial charge in [-0.1, -0.05) is 12.1 Å². The van der Waals surface area contributed by atoms with Crippen molar-refractivity contribution in [3.8, 4) is 11.5 Å². The molecule has 7 nitrogen and oxygen atoms in total. The lowest BCUT2D eigenvalue weighted by molar-refractivity contribution is -0.128. The monoisotopic (exact) mass is 260 g/mol. The van der Waals surface area contributed by atoms with E-state index in [1.807, 2.05) is 12.1 Å². The van der Waals surface area contributed by atoms with E-state index in [9.17, 15) is 4.79 Å². The summed E-state index contributed by atoms with van der Waals surface area (Å²) in [6, 6.07) is 7.24. The maximum atomic E-state index is 12.1. The predicted molar refractivity (Wildman–Crippen MR) is 66.0 cm³/mol. The van der Waals surface area contributed by atoms with Crippen LogP contribution in [0.1, 0.15) is 6.92 Å². The second kappa shape index (κ2) is 4.60. The molecule has 0 spiro atoms. The van der Waals surface area contributed by atoms with Crippen LogP contribution in [0.3, 0.4) is 0 Å². The minimum absolute atomic E-state index is 0.277. The van der Waals surface area contributed by atoms with Crippen LogP contribution in [-0.2, 0) is 4.79 Å². The third kappa shape index (κ3) is 2.22. The van der Waals surface area contributed by atoms with Gasteiger partial charge >= 0.3 is 0 Å². The zero-order valence-corrected chi connectivity index (χ0v) is 10.2. The van der Waals surface area contributed by atoms with Crippen molar-refractivity contribution in [1.82, 2.24) is 15.2 Å². The van der Waals surface area contributed by atoms with Crippen molar-refractivity contribution in [3.05, 3.63) is 30.6 Å². The summed E-state index contributed by atoms with van der Waals surface area (Å²) in [4.78, 5) is 15.9. The van der Waals surface area contributed by atoms with Crippen LogP contribution in [0.25, 0.3) is 0 Å². The highest BCUT2D eigenvalue weighted by Gasteiger charge is 2.34. The smallest absolute Gasteiger partial charge is 0.271 e. The van der Waals surface area contributed by atoms with Gasteiger partial charge in [-0.15, -0.1) is 0 Å². The maximum absolute atomic E-state index is 12.1. The van der Waals surface area contributed by atoms with Crippen molar-refractivity contribution in [2.45, 2.75) is 19.1 Å². The zero-order valence-electron chi connectivity index (χ0n) is 10.2. The molecule has 0 bridgehead atoms. The number of carbonyl (C=O) groups is 1. The van der Waals surface area contributed by atoms with Crippen molar-refractivity contribution >= 4 is 11.9 Å². The van der Waals surface area contributed by atoms with Gasteiger partial charge in [-0.25, -0.2) is 5.10 Å². The second-order valence-electron chi connectivity index (χ2n) is 4.13. The summed E-state index contributed by atoms with van der Waals surface area (Å²) in [5.41, 5.74) is 0. The standard InChI is InChI=1S/C12H12N4O3/c1-7-10(11(17)15-12-13-6-14-16-12)19-9-5-3-2-4-8(9)18-7/h2-7,10H,1H3,(H2,13,14,15,16,17)/t7-,10-/m1/s1. The lowest BCUT2D eigenvalue weighted by Gasteiger charge is -2.30. The number of nitrogens with one attached hydrogen (secondary N) is 2. The number of amides is 1. The molecule has 0 fully saturated rings. The van der Waals surface area contributed by atoms with Crippen LogP contribution in [0.15, 0.2) is 30.6 Å². The topological polar surface area (TPSA) is 89.1 Å². The molecular weight excluding hydrogens is 248 g/mol. The quantitative estimate of drug-likeness (QED) is 0.839. The Balaban J connectivity index is 1.77. The number of benzene rings is 1. The van der Waals surface area contributed by atoms with Gasteiger partial charge in [-0.05, 0) is 19.1 Å². The number of para-hydroxylation sites is 2. The maximum Gasteiger partial charge on any atom is 0.271 e. The van der Waals surface area contributed by atoms with Crippen molar-refractivity contribution in [2.75, 3.05) is 5.32 Å². The molecule has 0 unspecified atom stereocenters. The minimum atomic E-state index is -0.736. The van der Waals surface area contributed by atoms with Gasteiger partial charge in [0.2, 0.25) is 12.1 Å². The number of hydrogen-bond donors (Lipinski definition) is 2. The number of hydrogen-bond acceptors (Lipinski definition) is 5. The number of carbonyl (C=O) groups excluding carboxylic acids is 1. The zero-order chi connectivity index (χ0) is 13.2. The number of H-pyrrole nitrogens is 1. The highest BCUT2D eigenvalue weighted by Crippen LogP contribution is 2.33. The molecular formula is C12H12N4O3. The number of nitrogens with zero attached hydrogens (tertiary/aromatic N) is 2. The number of rotatable bonds is 2. The number of aromatic amines is 1. The van der Waals surface area contributed by atoms with Crippen molar-refractivity contribution < 1.29 is 14.3 Å². The minimum Gasteiger partial charge on any atom is -0.482 e. The number of aromatic nitrogens is 3. The Kier molecular flexibility index (Phi) is 2.79. The molecule has 1 amide bonds. The first-order chi connectivity index (χ1) is 9.24. The van der Waals surface area contributed by atoms with Gasteiger partial charge in [0.25, 0.3) is 5.91 Å². The second-order valence-corrected chi connectivity index (χ2v) is 4.13. The average Bonchev–Trinajstić information content (AvgIpc) is 2.90. The Morgan fingerprint density at radius 1 is 1.32 bits per heavy atom. The molecule has 2 aromatic rings. The summed E-state index contributed by atoms with van der Waals surface area (Å²) in [7, 11) is 0. The Labute approximate surface area is 108 Å². The highest BCUT2D eigenvalue weighted by atomic mass is 16.6. The van der Waals surface area contributed by atoms with Gasteiger partial charge in [0, 0.05) is 0 Å². The fourth-order valence-corrected chi connectivity index (χ4v) is 1.86. The predicted octanol–water partition coefficient (Wildman–Crippen LogP) is 0.972. The van der Waals surface area contributed by atoms with E-state index in [1.165, 1.54) is 6.33 Å². The van der Waals surface area contributed by atoms with Crippen LogP contribution < -0.4 is 14.8 Å². The molecule has 0 radical (unpaired) electrons. The molecule has 1 aliphatic rings. The van der Waals surface area contributed by atoms with E-state index < -0.39 is 12.2 Å². The van der Waals surface area contributed by atoms with Gasteiger partial charge in [0.1, 0.15) is 12.4 Å². The van der Waals surface area contributed by atoms with E-state index in [2.05, 4.69) is 20.5 Å². The first kappa shape index (κ1) is 11.5. The molecule has 98 valence electrons. The molecule has 7 heteroatoms. The normalized spacial score (nSPS) is 20.9. The van der Waals surface area contributed by atoms with Crippen molar-refractivity contribution in [2.24, 2.45) is 0 Å². The van der Waals surface area contributed by atoms with Crippen LogP contribution in [0, 0.1) is 0 Å². The first-order valence-corrected chi connectivity index (χ1v) is 5.82. The van der Waals surface area contributed by atoms with Gasteiger partial charge < -0.3 is 9.47 Å². The largest absolute Gasteiger partial charge is 0.482 e. The van der Waals surface area contributed by atoms with Gasteiger partial charge in [0.15, 0.2) is 11.5 Å². The molecule has 0 saturated heterocycles. The van der Waals surface area contributed by atoms with Gasteiger partial charge in [-0.3, -0.25) is 10.1 Å². The van der Waals surface area contributed by atoms with Crippen LogP contribution in [-0.4, -0.2) is 33.3 Å². The Morgan fingerprint density at radius 2 is 2.05 bits per heavy atom. The molecule has 19 heavy (non-hydrogen) atoms. The van der Waals surface area contributed by atoms with Crippen LogP contribution >= 0.6 is 0 Å². The summed E-state index contributed by atoms with van der Waals surface area (Å²) < 4.78 is 11.3. The Bertz CT molecular complexity index is 584. The summed E-state index contributed by atoms with van der Waals surface area (Å²) in [5, 5.41) is 8.78. The molecule has 1 aliphatic heterocycles. The number of ether oxygens (including phenoxy) is 2. The van der Waals surface area contributed by atoms with Crippen LogP contribution in [0.4, 0.5) is 5.95 Å². The fraction of sp³-hybridized carbons (Fsp3) is 0.250.